The van der Waals surface area contributed by atoms with Crippen LogP contribution in [0.25, 0.3) is 0 Å². The number of carbonyl (C=O) groups excluding carboxylic acids is 1. The summed E-state index contributed by atoms with van der Waals surface area (Å²) in [5, 5.41) is 3.21. The van der Waals surface area contributed by atoms with Gasteiger partial charge in [0.25, 0.3) is 0 Å². The molecule has 0 aromatic heterocycles. The number of methoxy groups -OCH3 is 1. The molecule has 14 heavy (non-hydrogen) atoms. The molecule has 0 amide bonds. The maximum atomic E-state index is 11.0. The Morgan fingerprint density at radius 1 is 1.43 bits per heavy atom. The molecule has 0 aliphatic rings. The van der Waals surface area contributed by atoms with Crippen LogP contribution >= 0.6 is 15.9 Å². The van der Waals surface area contributed by atoms with Gasteiger partial charge in [-0.05, 0) is 13.0 Å². The van der Waals surface area contributed by atoms with Crippen molar-refractivity contribution in [1.29, 1.82) is 0 Å². The number of alkyl halides is 1. The molecular weight excluding hydrogens is 246 g/mol. The molecule has 0 aromatic rings. The fourth-order valence-corrected chi connectivity index (χ4v) is 1.53. The highest BCUT2D eigenvalue weighted by Gasteiger charge is 2.13. The van der Waals surface area contributed by atoms with Crippen molar-refractivity contribution in [3.05, 3.63) is 0 Å². The van der Waals surface area contributed by atoms with E-state index in [2.05, 4.69) is 32.9 Å². The predicted octanol–water partition coefficient (Wildman–Crippen LogP) is 2.09. The normalized spacial score (nSPS) is 12.5. The maximum absolute atomic E-state index is 11.0. The van der Waals surface area contributed by atoms with Crippen molar-refractivity contribution >= 4 is 21.9 Å². The van der Waals surface area contributed by atoms with Gasteiger partial charge in [0.15, 0.2) is 0 Å². The monoisotopic (exact) mass is 265 g/mol. The van der Waals surface area contributed by atoms with Gasteiger partial charge >= 0.3 is 5.97 Å². The number of hydrogen-bond donors (Lipinski definition) is 1. The zero-order valence-corrected chi connectivity index (χ0v) is 10.6. The van der Waals surface area contributed by atoms with Crippen LogP contribution in [0.3, 0.4) is 0 Å². The molecule has 0 aromatic carbocycles. The van der Waals surface area contributed by atoms with Crippen LogP contribution in [0.1, 0.15) is 32.6 Å². The largest absolute Gasteiger partial charge is 0.468 e. The van der Waals surface area contributed by atoms with E-state index in [1.165, 1.54) is 32.8 Å². The number of halogens is 1. The van der Waals surface area contributed by atoms with Crippen molar-refractivity contribution in [2.75, 3.05) is 20.2 Å². The molecule has 0 aliphatic heterocycles. The van der Waals surface area contributed by atoms with E-state index in [1.807, 2.05) is 0 Å². The van der Waals surface area contributed by atoms with E-state index in [0.29, 0.717) is 6.54 Å². The zero-order valence-electron chi connectivity index (χ0n) is 9.01. The molecule has 0 fully saturated rings. The molecule has 0 spiro atoms. The molecule has 0 heterocycles. The van der Waals surface area contributed by atoms with Gasteiger partial charge in [-0.3, -0.25) is 4.79 Å². The summed E-state index contributed by atoms with van der Waals surface area (Å²) < 4.78 is 4.58. The van der Waals surface area contributed by atoms with Crippen LogP contribution in [0, 0.1) is 0 Å². The fraction of sp³-hybridized carbons (Fsp3) is 0.900. The Labute approximate surface area is 94.7 Å². The van der Waals surface area contributed by atoms with E-state index in [4.69, 9.17) is 0 Å². The number of esters is 1. The Kier molecular flexibility index (Phi) is 9.40. The summed E-state index contributed by atoms with van der Waals surface area (Å²) in [6.45, 7) is 3.80. The molecule has 1 unspecified atom stereocenters. The van der Waals surface area contributed by atoms with Crippen LogP contribution in [-0.2, 0) is 9.53 Å². The van der Waals surface area contributed by atoms with E-state index in [9.17, 15) is 4.79 Å². The van der Waals surface area contributed by atoms with Gasteiger partial charge in [0.05, 0.1) is 7.11 Å². The first-order valence-corrected chi connectivity index (χ1v) is 6.06. The van der Waals surface area contributed by atoms with Crippen LogP contribution in [0.4, 0.5) is 0 Å². The van der Waals surface area contributed by atoms with Crippen LogP contribution < -0.4 is 5.32 Å². The van der Waals surface area contributed by atoms with E-state index < -0.39 is 0 Å². The highest BCUT2D eigenvalue weighted by molar-refractivity contribution is 9.10. The summed E-state index contributed by atoms with van der Waals surface area (Å²) in [6.07, 6.45) is 4.98. The highest BCUT2D eigenvalue weighted by atomic mass is 79.9. The minimum absolute atomic E-state index is 0.217. The molecule has 0 bridgehead atoms. The quantitative estimate of drug-likeness (QED) is 0.415. The van der Waals surface area contributed by atoms with E-state index in [-0.39, 0.29) is 10.8 Å². The second-order valence-electron chi connectivity index (χ2n) is 3.26. The Balaban J connectivity index is 3.23. The standard InChI is InChI=1S/C10H20BrNO2/c1-3-4-5-6-7-12-8-9(11)10(13)14-2/h9,12H,3-8H2,1-2H3. The minimum atomic E-state index is -0.223. The van der Waals surface area contributed by atoms with Crippen molar-refractivity contribution in [2.24, 2.45) is 0 Å². The third-order valence-corrected chi connectivity index (χ3v) is 2.69. The summed E-state index contributed by atoms with van der Waals surface area (Å²) in [5.41, 5.74) is 0. The van der Waals surface area contributed by atoms with Crippen molar-refractivity contribution in [1.82, 2.24) is 5.32 Å². The van der Waals surface area contributed by atoms with Gasteiger partial charge in [-0.15, -0.1) is 0 Å². The smallest absolute Gasteiger partial charge is 0.320 e. The number of carbonyl (C=O) groups is 1. The second-order valence-corrected chi connectivity index (χ2v) is 4.36. The zero-order chi connectivity index (χ0) is 10.8. The lowest BCUT2D eigenvalue weighted by Gasteiger charge is -2.08. The lowest BCUT2D eigenvalue weighted by molar-refractivity contribution is -0.139. The fourth-order valence-electron chi connectivity index (χ4n) is 1.12. The second kappa shape index (κ2) is 9.46. The third kappa shape index (κ3) is 7.33. The molecule has 84 valence electrons. The highest BCUT2D eigenvalue weighted by Crippen LogP contribution is 2.01. The van der Waals surface area contributed by atoms with E-state index >= 15 is 0 Å². The molecule has 0 radical (unpaired) electrons. The first-order valence-electron chi connectivity index (χ1n) is 5.15. The maximum Gasteiger partial charge on any atom is 0.320 e. The Hall–Kier alpha value is -0.0900. The van der Waals surface area contributed by atoms with E-state index in [1.54, 1.807) is 0 Å². The van der Waals surface area contributed by atoms with Crippen molar-refractivity contribution in [3.8, 4) is 0 Å². The van der Waals surface area contributed by atoms with Crippen molar-refractivity contribution in [2.45, 2.75) is 37.4 Å². The summed E-state index contributed by atoms with van der Waals surface area (Å²) in [4.78, 5) is 10.7. The first kappa shape index (κ1) is 13.9. The first-order chi connectivity index (χ1) is 6.72. The third-order valence-electron chi connectivity index (χ3n) is 1.99. The predicted molar refractivity (Wildman–Crippen MR) is 61.7 cm³/mol. The van der Waals surface area contributed by atoms with E-state index in [0.717, 1.165) is 6.54 Å². The number of hydrogen-bond acceptors (Lipinski definition) is 3. The van der Waals surface area contributed by atoms with Gasteiger partial charge in [-0.2, -0.15) is 0 Å². The molecular formula is C10H20BrNO2. The molecule has 0 saturated heterocycles. The summed E-state index contributed by atoms with van der Waals surface area (Å²) >= 11 is 3.25. The summed E-state index contributed by atoms with van der Waals surface area (Å²) in [6, 6.07) is 0. The van der Waals surface area contributed by atoms with Gasteiger partial charge in [0, 0.05) is 6.54 Å². The van der Waals surface area contributed by atoms with Crippen LogP contribution in [0.15, 0.2) is 0 Å². The lowest BCUT2D eigenvalue weighted by atomic mass is 10.2. The number of unbranched alkanes of at least 4 members (excludes halogenated alkanes) is 3. The molecule has 0 aliphatic carbocycles. The van der Waals surface area contributed by atoms with Gasteiger partial charge < -0.3 is 10.1 Å². The molecule has 1 N–H and O–H groups in total. The van der Waals surface area contributed by atoms with Gasteiger partial charge in [-0.25, -0.2) is 0 Å². The Morgan fingerprint density at radius 2 is 2.14 bits per heavy atom. The summed E-state index contributed by atoms with van der Waals surface area (Å²) in [7, 11) is 1.40. The number of nitrogens with one attached hydrogen (secondary N) is 1. The van der Waals surface area contributed by atoms with Gasteiger partial charge in [0.2, 0.25) is 0 Å². The lowest BCUT2D eigenvalue weighted by Crippen LogP contribution is -2.30. The topological polar surface area (TPSA) is 38.3 Å². The summed E-state index contributed by atoms with van der Waals surface area (Å²) in [5.74, 6) is -0.217. The molecule has 0 saturated carbocycles. The molecule has 1 atom stereocenters. The molecule has 4 heteroatoms. The minimum Gasteiger partial charge on any atom is -0.468 e. The van der Waals surface area contributed by atoms with Crippen molar-refractivity contribution in [3.63, 3.8) is 0 Å². The van der Waals surface area contributed by atoms with Crippen LogP contribution in [0.5, 0.6) is 0 Å². The Morgan fingerprint density at radius 3 is 2.71 bits per heavy atom. The van der Waals surface area contributed by atoms with Crippen molar-refractivity contribution < 1.29 is 9.53 Å². The Bertz CT molecular complexity index is 153. The van der Waals surface area contributed by atoms with Crippen LogP contribution in [-0.4, -0.2) is 31.0 Å². The van der Waals surface area contributed by atoms with Gasteiger partial charge in [-0.1, -0.05) is 42.1 Å². The van der Waals surface area contributed by atoms with Crippen LogP contribution in [0.2, 0.25) is 0 Å². The number of ether oxygens (including phenoxy) is 1. The average molecular weight is 266 g/mol. The van der Waals surface area contributed by atoms with Gasteiger partial charge in [0.1, 0.15) is 4.83 Å². The SMILES string of the molecule is CCCCCCNCC(Br)C(=O)OC. The number of rotatable bonds is 8. The molecule has 0 rings (SSSR count). The molecule has 3 nitrogen and oxygen atoms in total. The average Bonchev–Trinajstić information content (AvgIpc) is 2.21.